The molecule has 82 valence electrons. The lowest BCUT2D eigenvalue weighted by Crippen LogP contribution is -1.91. The van der Waals surface area contributed by atoms with Crippen LogP contribution in [-0.4, -0.2) is 15.0 Å². The van der Waals surface area contributed by atoms with Crippen molar-refractivity contribution in [3.05, 3.63) is 39.3 Å². The first-order valence-electron chi connectivity index (χ1n) is 4.14. The van der Waals surface area contributed by atoms with E-state index in [4.69, 9.17) is 23.2 Å². The summed E-state index contributed by atoms with van der Waals surface area (Å²) < 4.78 is 1.02. The summed E-state index contributed by atoms with van der Waals surface area (Å²) in [5, 5.41) is 0.673. The number of benzene rings is 1. The van der Waals surface area contributed by atoms with Crippen LogP contribution in [0.4, 0.5) is 0 Å². The molecule has 0 aliphatic heterocycles. The maximum absolute atomic E-state index is 5.67. The molecule has 1 aromatic heterocycles. The van der Waals surface area contributed by atoms with Gasteiger partial charge in [0.25, 0.3) is 0 Å². The van der Waals surface area contributed by atoms with Crippen LogP contribution in [0.5, 0.6) is 0 Å². The highest BCUT2D eigenvalue weighted by molar-refractivity contribution is 9.10. The van der Waals surface area contributed by atoms with Crippen molar-refractivity contribution in [2.24, 2.45) is 0 Å². The zero-order valence-corrected chi connectivity index (χ0v) is 11.6. The molecule has 3 nitrogen and oxygen atoms in total. The lowest BCUT2D eigenvalue weighted by Gasteiger charge is -2.00. The van der Waals surface area contributed by atoms with Gasteiger partial charge in [-0.05, 0) is 59.2 Å². The maximum Gasteiger partial charge on any atom is 0.227 e. The van der Waals surface area contributed by atoms with Crippen LogP contribution in [-0.2, 0) is 0 Å². The Labute approximate surface area is 115 Å². The number of hydrogen-bond donors (Lipinski definition) is 0. The summed E-state index contributed by atoms with van der Waals surface area (Å²) in [5.74, 6) is 0. The van der Waals surface area contributed by atoms with E-state index >= 15 is 0 Å². The van der Waals surface area contributed by atoms with E-state index in [1.165, 1.54) is 11.8 Å². The standard InChI is InChI=1S/C9H4BrCl2N3S/c10-5-1-3-6(4-2-5)16-9-14-7(11)13-8(12)15-9/h1-4H. The summed E-state index contributed by atoms with van der Waals surface area (Å²) in [6.45, 7) is 0. The quantitative estimate of drug-likeness (QED) is 0.827. The van der Waals surface area contributed by atoms with Crippen molar-refractivity contribution in [3.63, 3.8) is 0 Å². The third-order valence-corrected chi connectivity index (χ3v) is 3.32. The highest BCUT2D eigenvalue weighted by Crippen LogP contribution is 2.26. The number of hydrogen-bond acceptors (Lipinski definition) is 4. The van der Waals surface area contributed by atoms with Gasteiger partial charge in [-0.2, -0.15) is 15.0 Å². The first-order valence-corrected chi connectivity index (χ1v) is 6.50. The molecule has 1 aromatic carbocycles. The largest absolute Gasteiger partial charge is 0.227 e. The molecule has 0 aliphatic rings. The van der Waals surface area contributed by atoms with Gasteiger partial charge in [-0.3, -0.25) is 0 Å². The van der Waals surface area contributed by atoms with E-state index in [9.17, 15) is 0 Å². The Bertz CT molecular complexity index is 486. The lowest BCUT2D eigenvalue weighted by atomic mass is 10.4. The number of nitrogens with zero attached hydrogens (tertiary/aromatic N) is 3. The summed E-state index contributed by atoms with van der Waals surface area (Å²) in [6.07, 6.45) is 0. The Balaban J connectivity index is 2.23. The fraction of sp³-hybridized carbons (Fsp3) is 0. The van der Waals surface area contributed by atoms with E-state index in [0.29, 0.717) is 5.16 Å². The Morgan fingerprint density at radius 2 is 1.50 bits per heavy atom. The van der Waals surface area contributed by atoms with Crippen LogP contribution in [0.1, 0.15) is 0 Å². The summed E-state index contributed by atoms with van der Waals surface area (Å²) in [5.41, 5.74) is 0. The van der Waals surface area contributed by atoms with Gasteiger partial charge in [0.1, 0.15) is 0 Å². The van der Waals surface area contributed by atoms with Crippen LogP contribution in [0.2, 0.25) is 10.6 Å². The van der Waals surface area contributed by atoms with Gasteiger partial charge in [0, 0.05) is 9.37 Å². The summed E-state index contributed by atoms with van der Waals surface area (Å²) in [7, 11) is 0. The van der Waals surface area contributed by atoms with Gasteiger partial charge in [0.2, 0.25) is 10.6 Å². The van der Waals surface area contributed by atoms with Crippen LogP contribution in [0.3, 0.4) is 0 Å². The fourth-order valence-electron chi connectivity index (χ4n) is 0.963. The molecule has 0 saturated heterocycles. The van der Waals surface area contributed by atoms with Gasteiger partial charge in [-0.1, -0.05) is 15.9 Å². The highest BCUT2D eigenvalue weighted by atomic mass is 79.9. The van der Waals surface area contributed by atoms with Crippen molar-refractivity contribution in [1.82, 2.24) is 15.0 Å². The Kier molecular flexibility index (Phi) is 4.02. The van der Waals surface area contributed by atoms with Crippen LogP contribution >= 0.6 is 50.9 Å². The number of rotatable bonds is 2. The molecule has 0 N–H and O–H groups in total. The van der Waals surface area contributed by atoms with Crippen molar-refractivity contribution in [2.75, 3.05) is 0 Å². The van der Waals surface area contributed by atoms with Gasteiger partial charge < -0.3 is 0 Å². The van der Waals surface area contributed by atoms with E-state index < -0.39 is 0 Å². The summed E-state index contributed by atoms with van der Waals surface area (Å²) in [4.78, 5) is 12.6. The number of halogens is 3. The molecule has 0 saturated carbocycles. The summed E-state index contributed by atoms with van der Waals surface area (Å²) >= 11 is 16.1. The summed E-state index contributed by atoms with van der Waals surface area (Å²) in [6, 6.07) is 7.76. The highest BCUT2D eigenvalue weighted by Gasteiger charge is 2.05. The van der Waals surface area contributed by atoms with E-state index in [1.54, 1.807) is 0 Å². The van der Waals surface area contributed by atoms with Crippen LogP contribution in [0, 0.1) is 0 Å². The molecule has 0 fully saturated rings. The van der Waals surface area contributed by atoms with Crippen LogP contribution in [0.25, 0.3) is 0 Å². The second-order valence-corrected chi connectivity index (χ2v) is 5.34. The molecule has 7 heteroatoms. The third kappa shape index (κ3) is 3.31. The van der Waals surface area contributed by atoms with Gasteiger partial charge in [0.15, 0.2) is 5.16 Å². The smallest absolute Gasteiger partial charge is 0.191 e. The molecule has 16 heavy (non-hydrogen) atoms. The minimum atomic E-state index is 0.0969. The van der Waals surface area contributed by atoms with Crippen molar-refractivity contribution in [3.8, 4) is 0 Å². The van der Waals surface area contributed by atoms with Crippen molar-refractivity contribution < 1.29 is 0 Å². The third-order valence-electron chi connectivity index (χ3n) is 1.58. The molecular weight excluding hydrogens is 333 g/mol. The molecule has 0 bridgehead atoms. The van der Waals surface area contributed by atoms with E-state index in [1.807, 2.05) is 24.3 Å². The van der Waals surface area contributed by atoms with Crippen molar-refractivity contribution >= 4 is 50.9 Å². The van der Waals surface area contributed by atoms with Crippen LogP contribution in [0.15, 0.2) is 38.8 Å². The maximum atomic E-state index is 5.67. The molecule has 0 atom stereocenters. The normalized spacial score (nSPS) is 10.4. The minimum Gasteiger partial charge on any atom is -0.191 e. The molecular formula is C9H4BrCl2N3S. The van der Waals surface area contributed by atoms with E-state index in [2.05, 4.69) is 30.9 Å². The molecule has 2 rings (SSSR count). The van der Waals surface area contributed by atoms with Gasteiger partial charge in [0.05, 0.1) is 0 Å². The zero-order chi connectivity index (χ0) is 11.5. The molecule has 0 amide bonds. The predicted molar refractivity (Wildman–Crippen MR) is 68.1 cm³/mol. The Morgan fingerprint density at radius 1 is 0.938 bits per heavy atom. The zero-order valence-electron chi connectivity index (χ0n) is 7.69. The van der Waals surface area contributed by atoms with Gasteiger partial charge in [-0.15, -0.1) is 0 Å². The first kappa shape index (κ1) is 12.1. The molecule has 0 unspecified atom stereocenters. The second kappa shape index (κ2) is 5.31. The topological polar surface area (TPSA) is 38.7 Å². The van der Waals surface area contributed by atoms with Gasteiger partial charge >= 0.3 is 0 Å². The minimum absolute atomic E-state index is 0.0969. The SMILES string of the molecule is Clc1nc(Cl)nc(Sc2ccc(Br)cc2)n1. The van der Waals surface area contributed by atoms with Gasteiger partial charge in [-0.25, -0.2) is 0 Å². The monoisotopic (exact) mass is 335 g/mol. The second-order valence-electron chi connectivity index (χ2n) is 2.71. The van der Waals surface area contributed by atoms with Crippen LogP contribution < -0.4 is 0 Å². The van der Waals surface area contributed by atoms with E-state index in [-0.39, 0.29) is 10.6 Å². The number of aromatic nitrogens is 3. The molecule has 0 radical (unpaired) electrons. The Hall–Kier alpha value is -0.360. The van der Waals surface area contributed by atoms with Crippen molar-refractivity contribution in [2.45, 2.75) is 10.1 Å². The molecule has 0 spiro atoms. The van der Waals surface area contributed by atoms with Crippen molar-refractivity contribution in [1.29, 1.82) is 0 Å². The van der Waals surface area contributed by atoms with E-state index in [0.717, 1.165) is 9.37 Å². The molecule has 1 heterocycles. The molecule has 2 aromatic rings. The first-order chi connectivity index (χ1) is 7.63. The predicted octanol–water partition coefficient (Wildman–Crippen LogP) is 4.09. The average molecular weight is 337 g/mol. The average Bonchev–Trinajstić information content (AvgIpc) is 2.20. The Morgan fingerprint density at radius 3 is 2.06 bits per heavy atom. The lowest BCUT2D eigenvalue weighted by molar-refractivity contribution is 0.904. The molecule has 0 aliphatic carbocycles. The fourth-order valence-corrected chi connectivity index (χ4v) is 2.44.